The molecule has 0 saturated heterocycles. The number of hydrogen-bond donors (Lipinski definition) is 0. The van der Waals surface area contributed by atoms with Crippen molar-refractivity contribution in [3.05, 3.63) is 58.1 Å². The molecule has 1 aliphatic carbocycles. The van der Waals surface area contributed by atoms with Crippen molar-refractivity contribution in [1.29, 1.82) is 0 Å². The molecule has 1 unspecified atom stereocenters. The number of thioether (sulfide) groups is 1. The van der Waals surface area contributed by atoms with Crippen molar-refractivity contribution in [2.75, 3.05) is 6.26 Å². The molecule has 0 fully saturated rings. The largest absolute Gasteiger partial charge is 0.486 e. The van der Waals surface area contributed by atoms with Gasteiger partial charge in [-0.25, -0.2) is 0 Å². The van der Waals surface area contributed by atoms with Gasteiger partial charge in [0.15, 0.2) is 0 Å². The molecule has 0 radical (unpaired) electrons. The fourth-order valence-corrected chi connectivity index (χ4v) is 3.49. The molecule has 176 valence electrons. The monoisotopic (exact) mass is 464 g/mol. The summed E-state index contributed by atoms with van der Waals surface area (Å²) in [6, 6.07) is 12.4. The van der Waals surface area contributed by atoms with E-state index in [-0.39, 0.29) is 6.10 Å². The van der Waals surface area contributed by atoms with Crippen LogP contribution in [0.4, 0.5) is 0 Å². The second-order valence-corrected chi connectivity index (χ2v) is 9.23. The molecule has 0 amide bonds. The number of benzene rings is 2. The van der Waals surface area contributed by atoms with Gasteiger partial charge in [-0.15, -0.1) is 11.8 Å². The van der Waals surface area contributed by atoms with Crippen LogP contribution in [0.5, 0.6) is 5.75 Å². The second-order valence-electron chi connectivity index (χ2n) is 7.91. The lowest BCUT2D eigenvalue weighted by atomic mass is 10.0. The zero-order chi connectivity index (χ0) is 23.8. The van der Waals surface area contributed by atoms with Crippen molar-refractivity contribution >= 4 is 23.4 Å². The lowest BCUT2D eigenvalue weighted by molar-refractivity contribution is 0.207. The Morgan fingerprint density at radius 3 is 2.03 bits per heavy atom. The third kappa shape index (κ3) is 11.3. The molecule has 1 nitrogen and oxygen atoms in total. The van der Waals surface area contributed by atoms with E-state index < -0.39 is 0 Å². The first-order chi connectivity index (χ1) is 14.9. The summed E-state index contributed by atoms with van der Waals surface area (Å²) < 4.78 is 6.14. The van der Waals surface area contributed by atoms with Gasteiger partial charge in [-0.1, -0.05) is 79.3 Å². The van der Waals surface area contributed by atoms with Gasteiger partial charge in [0.2, 0.25) is 0 Å². The average Bonchev–Trinajstić information content (AvgIpc) is 3.19. The molecule has 31 heavy (non-hydrogen) atoms. The van der Waals surface area contributed by atoms with Crippen LogP contribution in [0.15, 0.2) is 41.3 Å². The summed E-state index contributed by atoms with van der Waals surface area (Å²) in [6.45, 7) is 17.1. The van der Waals surface area contributed by atoms with E-state index in [1.807, 2.05) is 32.0 Å². The maximum Gasteiger partial charge on any atom is 0.124 e. The van der Waals surface area contributed by atoms with Crippen LogP contribution in [0, 0.1) is 12.8 Å². The van der Waals surface area contributed by atoms with Gasteiger partial charge >= 0.3 is 0 Å². The van der Waals surface area contributed by atoms with Crippen LogP contribution < -0.4 is 4.74 Å². The highest BCUT2D eigenvalue weighted by molar-refractivity contribution is 7.98. The van der Waals surface area contributed by atoms with Crippen LogP contribution in [0.25, 0.3) is 0 Å². The molecule has 0 heterocycles. The average molecular weight is 465 g/mol. The summed E-state index contributed by atoms with van der Waals surface area (Å²) in [5.74, 6) is 1.81. The fourth-order valence-electron chi connectivity index (χ4n) is 2.80. The number of hydrogen-bond acceptors (Lipinski definition) is 2. The lowest BCUT2D eigenvalue weighted by Crippen LogP contribution is -2.03. The predicted molar refractivity (Wildman–Crippen MR) is 143 cm³/mol. The number of rotatable bonds is 5. The van der Waals surface area contributed by atoms with Crippen molar-refractivity contribution in [2.24, 2.45) is 5.92 Å². The second kappa shape index (κ2) is 17.4. The smallest absolute Gasteiger partial charge is 0.124 e. The number of aryl methyl sites for hydroxylation is 1. The quantitative estimate of drug-likeness (QED) is 0.407. The zero-order valence-corrected chi connectivity index (χ0v) is 22.9. The van der Waals surface area contributed by atoms with Gasteiger partial charge in [0.25, 0.3) is 0 Å². The van der Waals surface area contributed by atoms with Crippen LogP contribution in [-0.4, -0.2) is 6.26 Å². The Morgan fingerprint density at radius 1 is 1.03 bits per heavy atom. The first-order valence-corrected chi connectivity index (χ1v) is 13.6. The van der Waals surface area contributed by atoms with Crippen LogP contribution in [-0.2, 0) is 6.42 Å². The first-order valence-electron chi connectivity index (χ1n) is 12.0. The molecule has 1 atom stereocenters. The predicted octanol–water partition coefficient (Wildman–Crippen LogP) is 10.3. The molecule has 0 bridgehead atoms. The van der Waals surface area contributed by atoms with E-state index in [4.69, 9.17) is 16.3 Å². The van der Waals surface area contributed by atoms with Crippen LogP contribution in [0.2, 0.25) is 5.02 Å². The summed E-state index contributed by atoms with van der Waals surface area (Å²) in [5, 5.41) is 0.800. The van der Waals surface area contributed by atoms with Crippen LogP contribution >= 0.6 is 23.4 Å². The maximum atomic E-state index is 6.18. The summed E-state index contributed by atoms with van der Waals surface area (Å²) in [4.78, 5) is 1.25. The summed E-state index contributed by atoms with van der Waals surface area (Å²) in [7, 11) is 0. The molecule has 3 heteroatoms. The molecule has 0 aliphatic heterocycles. The summed E-state index contributed by atoms with van der Waals surface area (Å²) in [5.41, 5.74) is 3.93. The van der Waals surface area contributed by atoms with Gasteiger partial charge in [0.05, 0.1) is 0 Å². The number of ether oxygens (including phenoxy) is 1. The third-order valence-electron chi connectivity index (χ3n) is 5.13. The topological polar surface area (TPSA) is 9.23 Å². The van der Waals surface area contributed by atoms with Crippen molar-refractivity contribution in [3.63, 3.8) is 0 Å². The highest BCUT2D eigenvalue weighted by Crippen LogP contribution is 2.38. The van der Waals surface area contributed by atoms with Crippen LogP contribution in [0.1, 0.15) is 96.9 Å². The Labute approximate surface area is 202 Å². The molecule has 0 aromatic heterocycles. The summed E-state index contributed by atoms with van der Waals surface area (Å²) >= 11 is 7.92. The van der Waals surface area contributed by atoms with Crippen LogP contribution in [0.3, 0.4) is 0 Å². The van der Waals surface area contributed by atoms with E-state index in [1.54, 1.807) is 11.8 Å². The minimum absolute atomic E-state index is 0.127. The Hall–Kier alpha value is -1.12. The van der Waals surface area contributed by atoms with Crippen molar-refractivity contribution in [2.45, 2.75) is 98.5 Å². The van der Waals surface area contributed by atoms with Gasteiger partial charge < -0.3 is 4.74 Å². The van der Waals surface area contributed by atoms with Gasteiger partial charge in [-0.05, 0) is 85.0 Å². The standard InChI is InChI=1S/C17H17ClOS.C5H12.C4H10.C2H6/c1-11-9-12(18)10-16-15(11)7-8-17(16)19-13-3-5-14(20-2)6-4-13;1-4-5(2)3;1-3-4-2;1-2/h3-6,9-10,17H,7-8H2,1-2H3;5H,4H2,1-3H3;3-4H2,1-2H3;1-2H3. The summed E-state index contributed by atoms with van der Waals surface area (Å²) in [6.07, 6.45) is 8.25. The molecule has 3 rings (SSSR count). The Kier molecular flexibility index (Phi) is 16.8. The molecule has 2 aromatic rings. The van der Waals surface area contributed by atoms with Gasteiger partial charge in [0, 0.05) is 9.92 Å². The normalized spacial score (nSPS) is 13.7. The van der Waals surface area contributed by atoms with E-state index >= 15 is 0 Å². The molecule has 0 spiro atoms. The Bertz CT molecular complexity index is 708. The first kappa shape index (κ1) is 29.9. The maximum absolute atomic E-state index is 6.18. The van der Waals surface area contributed by atoms with Gasteiger partial charge in [0.1, 0.15) is 11.9 Å². The Morgan fingerprint density at radius 2 is 1.58 bits per heavy atom. The minimum Gasteiger partial charge on any atom is -0.486 e. The van der Waals surface area contributed by atoms with E-state index in [1.165, 1.54) is 40.8 Å². The highest BCUT2D eigenvalue weighted by Gasteiger charge is 2.25. The highest BCUT2D eigenvalue weighted by atomic mass is 35.5. The molecular weight excluding hydrogens is 420 g/mol. The molecule has 0 N–H and O–H groups in total. The molecular formula is C28H45ClOS. The van der Waals surface area contributed by atoms with E-state index in [0.29, 0.717) is 0 Å². The number of halogens is 1. The minimum atomic E-state index is 0.127. The zero-order valence-electron chi connectivity index (χ0n) is 21.3. The molecule has 0 saturated carbocycles. The number of fused-ring (bicyclic) bond motifs is 1. The van der Waals surface area contributed by atoms with Crippen molar-refractivity contribution < 1.29 is 4.74 Å². The fraction of sp³-hybridized carbons (Fsp3) is 0.571. The van der Waals surface area contributed by atoms with Gasteiger partial charge in [-0.2, -0.15) is 0 Å². The molecule has 2 aromatic carbocycles. The SMILES string of the molecule is CC.CCC(C)C.CCCC.CSc1ccc(OC2CCc3c(C)cc(Cl)cc32)cc1. The van der Waals surface area contributed by atoms with Gasteiger partial charge in [-0.3, -0.25) is 0 Å². The number of unbranched alkanes of at least 4 members (excludes halogenated alkanes) is 1. The lowest BCUT2D eigenvalue weighted by Gasteiger charge is -2.16. The van der Waals surface area contributed by atoms with E-state index in [9.17, 15) is 0 Å². The molecule has 1 aliphatic rings. The van der Waals surface area contributed by atoms with E-state index in [0.717, 1.165) is 29.5 Å². The Balaban J connectivity index is 0.000000690. The van der Waals surface area contributed by atoms with Crippen molar-refractivity contribution in [3.8, 4) is 5.75 Å². The third-order valence-corrected chi connectivity index (χ3v) is 6.09. The van der Waals surface area contributed by atoms with Crippen molar-refractivity contribution in [1.82, 2.24) is 0 Å². The van der Waals surface area contributed by atoms with E-state index in [2.05, 4.69) is 66.0 Å².